The minimum atomic E-state index is 0. The normalized spacial score (nSPS) is 9.14. The van der Waals surface area contributed by atoms with Gasteiger partial charge in [0.2, 0.25) is 0 Å². The van der Waals surface area contributed by atoms with E-state index in [4.69, 9.17) is 0 Å². The minimum Gasteiger partial charge on any atom is -1.00 e. The van der Waals surface area contributed by atoms with Crippen molar-refractivity contribution in [2.75, 3.05) is 0 Å². The number of hydrogen-bond donors (Lipinski definition) is 1. The largest absolute Gasteiger partial charge is 2.00 e. The molecule has 1 N–H and O–H groups in total. The molecule has 0 heterocycles. The van der Waals surface area contributed by atoms with Crippen LogP contribution in [0.15, 0.2) is 54.6 Å². The van der Waals surface area contributed by atoms with Crippen molar-refractivity contribution >= 4 is 23.1 Å². The molecule has 2 rings (SSSR count). The van der Waals surface area contributed by atoms with Gasteiger partial charge < -0.3 is 7.96 Å². The van der Waals surface area contributed by atoms with Crippen molar-refractivity contribution in [3.63, 3.8) is 0 Å². The Hall–Kier alpha value is -0.994. The summed E-state index contributed by atoms with van der Waals surface area (Å²) in [5, 5.41) is 9.56. The smallest absolute Gasteiger partial charge is 1.00 e. The second kappa shape index (κ2) is 5.03. The molecule has 0 aliphatic heterocycles. The quantitative estimate of drug-likeness (QED) is 0.696. The van der Waals surface area contributed by atoms with Crippen LogP contribution in [-0.4, -0.2) is 28.2 Å². The molecule has 0 bridgehead atoms. The van der Waals surface area contributed by atoms with Crippen molar-refractivity contribution < 1.29 is 7.96 Å². The first-order valence-electron chi connectivity index (χ1n) is 4.21. The van der Waals surface area contributed by atoms with Crippen molar-refractivity contribution in [1.29, 1.82) is 0 Å². The molecule has 2 heteroatoms. The third-order valence-corrected chi connectivity index (χ3v) is 1.99. The fraction of sp³-hybridized carbons (Fsp3) is 0. The second-order valence-corrected chi connectivity index (χ2v) is 2.88. The Balaban J connectivity index is 0. The van der Waals surface area contributed by atoms with E-state index in [1.165, 1.54) is 0 Å². The summed E-state index contributed by atoms with van der Waals surface area (Å²) >= 11 is 0. The van der Waals surface area contributed by atoms with Gasteiger partial charge in [-0.3, -0.25) is 0 Å². The Labute approximate surface area is 103 Å². The van der Waals surface area contributed by atoms with E-state index in [1.807, 2.05) is 48.5 Å². The van der Waals surface area contributed by atoms with Crippen LogP contribution in [0, 0.1) is 0 Å². The third-order valence-electron chi connectivity index (χ3n) is 1.99. The van der Waals surface area contributed by atoms with E-state index in [-0.39, 0.29) is 25.9 Å². The molecule has 0 unspecified atom stereocenters. The average molecular weight is 197 g/mol. The molecule has 0 radical (unpaired) electrons. The Bertz CT molecular complexity index is 407. The number of benzene rings is 2. The van der Waals surface area contributed by atoms with E-state index in [0.717, 1.165) is 11.1 Å². The Morgan fingerprint density at radius 2 is 1.36 bits per heavy atom. The van der Waals surface area contributed by atoms with Crippen molar-refractivity contribution in [2.45, 2.75) is 0 Å². The second-order valence-electron chi connectivity index (χ2n) is 2.88. The van der Waals surface area contributed by atoms with Crippen LogP contribution in [0.3, 0.4) is 0 Å². The summed E-state index contributed by atoms with van der Waals surface area (Å²) in [4.78, 5) is 0. The summed E-state index contributed by atoms with van der Waals surface area (Å²) < 4.78 is 0. The van der Waals surface area contributed by atoms with Gasteiger partial charge >= 0.3 is 23.1 Å². The van der Waals surface area contributed by atoms with E-state index >= 15 is 0 Å². The molecule has 0 atom stereocenters. The summed E-state index contributed by atoms with van der Waals surface area (Å²) in [5.41, 5.74) is 1.92. The number of rotatable bonds is 1. The predicted molar refractivity (Wildman–Crippen MR) is 61.5 cm³/mol. The van der Waals surface area contributed by atoms with E-state index in [9.17, 15) is 5.11 Å². The first-order chi connectivity index (χ1) is 6.38. The molecule has 0 aliphatic carbocycles. The van der Waals surface area contributed by atoms with Crippen LogP contribution in [0.2, 0.25) is 0 Å². The molecule has 68 valence electrons. The fourth-order valence-electron chi connectivity index (χ4n) is 1.34. The number of para-hydroxylation sites is 1. The standard InChI is InChI=1S/C12H10O.Mg.2H/c13-12-9-5-4-8-11(12)10-6-2-1-3-7-10;;;/h1-9,13H;;;/q;+2;2*-1. The van der Waals surface area contributed by atoms with Crippen molar-refractivity contribution in [2.24, 2.45) is 0 Å². The maximum absolute atomic E-state index is 9.56. The zero-order chi connectivity index (χ0) is 9.10. The van der Waals surface area contributed by atoms with Gasteiger partial charge in [-0.15, -0.1) is 0 Å². The molecule has 2 aromatic carbocycles. The van der Waals surface area contributed by atoms with Crippen LogP contribution >= 0.6 is 0 Å². The van der Waals surface area contributed by atoms with Gasteiger partial charge in [-0.2, -0.15) is 0 Å². The topological polar surface area (TPSA) is 20.2 Å². The molecule has 0 spiro atoms. The monoisotopic (exact) mass is 196 g/mol. The Morgan fingerprint density at radius 1 is 0.786 bits per heavy atom. The molecule has 0 amide bonds. The number of aromatic hydroxyl groups is 1. The molecule has 0 aromatic heterocycles. The summed E-state index contributed by atoms with van der Waals surface area (Å²) in [6, 6.07) is 17.2. The van der Waals surface area contributed by atoms with Crippen LogP contribution < -0.4 is 0 Å². The fourth-order valence-corrected chi connectivity index (χ4v) is 1.34. The van der Waals surface area contributed by atoms with Gasteiger partial charge in [0.1, 0.15) is 5.75 Å². The number of phenolic OH excluding ortho intramolecular Hbond substituents is 1. The van der Waals surface area contributed by atoms with Gasteiger partial charge in [0.25, 0.3) is 0 Å². The van der Waals surface area contributed by atoms with Crippen LogP contribution in [0.1, 0.15) is 2.85 Å². The molecule has 0 fully saturated rings. The van der Waals surface area contributed by atoms with E-state index in [1.54, 1.807) is 6.07 Å². The van der Waals surface area contributed by atoms with Crippen LogP contribution in [0.25, 0.3) is 11.1 Å². The van der Waals surface area contributed by atoms with Gasteiger partial charge in [0, 0.05) is 5.56 Å². The molecule has 0 aliphatic rings. The van der Waals surface area contributed by atoms with Gasteiger partial charge in [0.15, 0.2) is 0 Å². The summed E-state index contributed by atoms with van der Waals surface area (Å²) in [7, 11) is 0. The zero-order valence-corrected chi connectivity index (χ0v) is 9.26. The first kappa shape index (κ1) is 11.1. The third kappa shape index (κ3) is 2.28. The minimum absolute atomic E-state index is 0. The molecular weight excluding hydrogens is 184 g/mol. The Morgan fingerprint density at radius 3 is 2.00 bits per heavy atom. The van der Waals surface area contributed by atoms with Gasteiger partial charge in [-0.1, -0.05) is 48.5 Å². The number of phenols is 1. The molecule has 0 saturated carbocycles. The maximum Gasteiger partial charge on any atom is 2.00 e. The van der Waals surface area contributed by atoms with Gasteiger partial charge in [-0.05, 0) is 11.6 Å². The zero-order valence-electron chi connectivity index (χ0n) is 9.85. The maximum atomic E-state index is 9.56. The van der Waals surface area contributed by atoms with Crippen LogP contribution in [0.5, 0.6) is 5.75 Å². The summed E-state index contributed by atoms with van der Waals surface area (Å²) in [6.07, 6.45) is 0. The first-order valence-corrected chi connectivity index (χ1v) is 4.21. The molecule has 14 heavy (non-hydrogen) atoms. The summed E-state index contributed by atoms with van der Waals surface area (Å²) in [5.74, 6) is 0.328. The predicted octanol–water partition coefficient (Wildman–Crippen LogP) is 2.90. The van der Waals surface area contributed by atoms with Crippen molar-refractivity contribution in [3.05, 3.63) is 54.6 Å². The molecule has 2 aromatic rings. The van der Waals surface area contributed by atoms with Crippen LogP contribution in [-0.2, 0) is 0 Å². The van der Waals surface area contributed by atoms with E-state index < -0.39 is 0 Å². The SMILES string of the molecule is Oc1ccccc1-c1ccccc1.[H-].[H-].[Mg+2]. The van der Waals surface area contributed by atoms with Crippen LogP contribution in [0.4, 0.5) is 0 Å². The molecule has 0 saturated heterocycles. The van der Waals surface area contributed by atoms with E-state index in [0.29, 0.717) is 5.75 Å². The van der Waals surface area contributed by atoms with Crippen molar-refractivity contribution in [3.8, 4) is 16.9 Å². The summed E-state index contributed by atoms with van der Waals surface area (Å²) in [6.45, 7) is 0. The molecular formula is C12H12MgO. The van der Waals surface area contributed by atoms with Gasteiger partial charge in [0.05, 0.1) is 0 Å². The van der Waals surface area contributed by atoms with Gasteiger partial charge in [-0.25, -0.2) is 0 Å². The number of hydrogen-bond acceptors (Lipinski definition) is 1. The average Bonchev–Trinajstić information content (AvgIpc) is 2.20. The van der Waals surface area contributed by atoms with Crippen molar-refractivity contribution in [1.82, 2.24) is 0 Å². The Kier molecular flexibility index (Phi) is 3.98. The van der Waals surface area contributed by atoms with E-state index in [2.05, 4.69) is 0 Å². The molecule has 1 nitrogen and oxygen atoms in total.